The van der Waals surface area contributed by atoms with E-state index in [0.29, 0.717) is 17.8 Å². The molecule has 0 unspecified atom stereocenters. The first-order valence-electron chi connectivity index (χ1n) is 6.84. The van der Waals surface area contributed by atoms with E-state index in [-0.39, 0.29) is 17.7 Å². The molecule has 110 valence electrons. The summed E-state index contributed by atoms with van der Waals surface area (Å²) in [6.45, 7) is 3.30. The molecule has 1 aliphatic carbocycles. The minimum atomic E-state index is -3.25. The average molecular weight is 296 g/mol. The third-order valence-corrected chi connectivity index (χ3v) is 5.11. The molecule has 0 saturated heterocycles. The summed E-state index contributed by atoms with van der Waals surface area (Å²) in [7, 11) is -3.25. The van der Waals surface area contributed by atoms with Crippen molar-refractivity contribution in [1.29, 1.82) is 0 Å². The summed E-state index contributed by atoms with van der Waals surface area (Å²) < 4.78 is 26.2. The Bertz CT molecular complexity index is 577. The molecule has 1 saturated carbocycles. The van der Waals surface area contributed by atoms with Gasteiger partial charge in [-0.1, -0.05) is 6.92 Å². The van der Waals surface area contributed by atoms with Gasteiger partial charge in [0.2, 0.25) is 15.9 Å². The van der Waals surface area contributed by atoms with Gasteiger partial charge < -0.3 is 5.32 Å². The van der Waals surface area contributed by atoms with Crippen LogP contribution in [-0.2, 0) is 14.8 Å². The maximum atomic E-state index is 12.3. The van der Waals surface area contributed by atoms with E-state index in [9.17, 15) is 13.2 Å². The van der Waals surface area contributed by atoms with Crippen molar-refractivity contribution in [2.24, 2.45) is 0 Å². The average Bonchev–Trinajstić information content (AvgIpc) is 3.15. The lowest BCUT2D eigenvalue weighted by atomic mass is 10.2. The van der Waals surface area contributed by atoms with E-state index in [0.717, 1.165) is 12.8 Å². The molecule has 0 radical (unpaired) electrons. The third kappa shape index (κ3) is 3.50. The standard InChI is InChI=1S/C14H20N2O3S/c1-3-10-20(18,19)16(14-8-9-14)13-6-4-12(5-7-13)15-11(2)17/h4-7,14H,3,8-10H2,1-2H3,(H,15,17). The molecule has 6 heteroatoms. The first-order valence-corrected chi connectivity index (χ1v) is 8.44. The number of carbonyl (C=O) groups is 1. The SMILES string of the molecule is CCCS(=O)(=O)N(c1ccc(NC(C)=O)cc1)C1CC1. The number of sulfonamides is 1. The van der Waals surface area contributed by atoms with Gasteiger partial charge in [0, 0.05) is 18.7 Å². The zero-order chi connectivity index (χ0) is 14.8. The Morgan fingerprint density at radius 3 is 2.35 bits per heavy atom. The minimum absolute atomic E-state index is 0.0955. The van der Waals surface area contributed by atoms with Gasteiger partial charge in [-0.25, -0.2) is 8.42 Å². The highest BCUT2D eigenvalue weighted by atomic mass is 32.2. The number of amides is 1. The van der Waals surface area contributed by atoms with E-state index in [4.69, 9.17) is 0 Å². The zero-order valence-electron chi connectivity index (χ0n) is 11.8. The second-order valence-corrected chi connectivity index (χ2v) is 7.04. The lowest BCUT2D eigenvalue weighted by molar-refractivity contribution is -0.114. The van der Waals surface area contributed by atoms with Crippen LogP contribution in [-0.4, -0.2) is 26.1 Å². The van der Waals surface area contributed by atoms with Crippen molar-refractivity contribution in [1.82, 2.24) is 0 Å². The van der Waals surface area contributed by atoms with Gasteiger partial charge in [-0.3, -0.25) is 9.10 Å². The van der Waals surface area contributed by atoms with Crippen LogP contribution in [0.15, 0.2) is 24.3 Å². The number of hydrogen-bond acceptors (Lipinski definition) is 3. The monoisotopic (exact) mass is 296 g/mol. The Labute approximate surface area is 120 Å². The fourth-order valence-corrected chi connectivity index (χ4v) is 3.98. The molecule has 1 aromatic rings. The van der Waals surface area contributed by atoms with Crippen LogP contribution in [0.3, 0.4) is 0 Å². The lowest BCUT2D eigenvalue weighted by Crippen LogP contribution is -2.34. The third-order valence-electron chi connectivity index (χ3n) is 3.08. The van der Waals surface area contributed by atoms with E-state index < -0.39 is 10.0 Å². The second-order valence-electron chi connectivity index (χ2n) is 5.07. The van der Waals surface area contributed by atoms with Crippen LogP contribution in [0.1, 0.15) is 33.1 Å². The minimum Gasteiger partial charge on any atom is -0.326 e. The van der Waals surface area contributed by atoms with E-state index in [1.165, 1.54) is 11.2 Å². The number of carbonyl (C=O) groups excluding carboxylic acids is 1. The van der Waals surface area contributed by atoms with Crippen LogP contribution in [0.25, 0.3) is 0 Å². The van der Waals surface area contributed by atoms with Crippen molar-refractivity contribution >= 4 is 27.3 Å². The maximum absolute atomic E-state index is 12.3. The van der Waals surface area contributed by atoms with E-state index in [2.05, 4.69) is 5.32 Å². The van der Waals surface area contributed by atoms with Gasteiger partial charge in [-0.2, -0.15) is 0 Å². The summed E-state index contributed by atoms with van der Waals surface area (Å²) in [6.07, 6.45) is 2.43. The van der Waals surface area contributed by atoms with E-state index in [1.54, 1.807) is 24.3 Å². The molecule has 0 aromatic heterocycles. The van der Waals surface area contributed by atoms with Crippen molar-refractivity contribution in [3.8, 4) is 0 Å². The van der Waals surface area contributed by atoms with Gasteiger partial charge in [0.1, 0.15) is 0 Å². The van der Waals surface area contributed by atoms with E-state index in [1.807, 2.05) is 6.92 Å². The Morgan fingerprint density at radius 1 is 1.30 bits per heavy atom. The van der Waals surface area contributed by atoms with Crippen LogP contribution in [0.4, 0.5) is 11.4 Å². The molecule has 1 N–H and O–H groups in total. The van der Waals surface area contributed by atoms with Crippen molar-refractivity contribution < 1.29 is 13.2 Å². The molecule has 0 spiro atoms. The molecule has 0 aliphatic heterocycles. The van der Waals surface area contributed by atoms with Gasteiger partial charge >= 0.3 is 0 Å². The summed E-state index contributed by atoms with van der Waals surface area (Å²) in [4.78, 5) is 11.0. The number of benzene rings is 1. The largest absolute Gasteiger partial charge is 0.326 e. The lowest BCUT2D eigenvalue weighted by Gasteiger charge is -2.24. The molecule has 5 nitrogen and oxygen atoms in total. The first kappa shape index (κ1) is 14.8. The molecule has 0 heterocycles. The highest BCUT2D eigenvalue weighted by Crippen LogP contribution is 2.35. The molecule has 20 heavy (non-hydrogen) atoms. The molecule has 1 fully saturated rings. The smallest absolute Gasteiger partial charge is 0.235 e. The zero-order valence-corrected chi connectivity index (χ0v) is 12.6. The highest BCUT2D eigenvalue weighted by molar-refractivity contribution is 7.92. The summed E-state index contributed by atoms with van der Waals surface area (Å²) in [5.74, 6) is 0.0205. The molecule has 0 atom stereocenters. The fourth-order valence-electron chi connectivity index (χ4n) is 2.16. The van der Waals surface area contributed by atoms with Gasteiger partial charge in [-0.05, 0) is 43.5 Å². The summed E-state index contributed by atoms with van der Waals surface area (Å²) in [5.41, 5.74) is 1.35. The van der Waals surface area contributed by atoms with Crippen molar-refractivity contribution in [3.63, 3.8) is 0 Å². The van der Waals surface area contributed by atoms with Gasteiger partial charge in [0.05, 0.1) is 11.4 Å². The van der Waals surface area contributed by atoms with E-state index >= 15 is 0 Å². The number of hydrogen-bond donors (Lipinski definition) is 1. The van der Waals surface area contributed by atoms with Crippen LogP contribution in [0.2, 0.25) is 0 Å². The van der Waals surface area contributed by atoms with Crippen LogP contribution in [0.5, 0.6) is 0 Å². The molecule has 2 rings (SSSR count). The molecule has 1 aromatic carbocycles. The Hall–Kier alpha value is -1.56. The Morgan fingerprint density at radius 2 is 1.90 bits per heavy atom. The Balaban J connectivity index is 2.24. The predicted molar refractivity (Wildman–Crippen MR) is 80.3 cm³/mol. The predicted octanol–water partition coefficient (Wildman–Crippen LogP) is 2.35. The maximum Gasteiger partial charge on any atom is 0.235 e. The van der Waals surface area contributed by atoms with Crippen LogP contribution >= 0.6 is 0 Å². The summed E-state index contributed by atoms with van der Waals surface area (Å²) >= 11 is 0. The summed E-state index contributed by atoms with van der Waals surface area (Å²) in [5, 5.41) is 2.67. The van der Waals surface area contributed by atoms with Gasteiger partial charge in [0.25, 0.3) is 0 Å². The topological polar surface area (TPSA) is 66.5 Å². The normalized spacial score (nSPS) is 14.9. The Kier molecular flexibility index (Phi) is 4.32. The van der Waals surface area contributed by atoms with Crippen LogP contribution < -0.4 is 9.62 Å². The molecule has 0 bridgehead atoms. The second kappa shape index (κ2) is 5.83. The first-order chi connectivity index (χ1) is 9.44. The molecular formula is C14H20N2O3S. The molecular weight excluding hydrogens is 276 g/mol. The van der Waals surface area contributed by atoms with Crippen molar-refractivity contribution in [2.75, 3.05) is 15.4 Å². The van der Waals surface area contributed by atoms with Gasteiger partial charge in [-0.15, -0.1) is 0 Å². The quantitative estimate of drug-likeness (QED) is 0.876. The highest BCUT2D eigenvalue weighted by Gasteiger charge is 2.36. The molecule has 1 amide bonds. The van der Waals surface area contributed by atoms with Gasteiger partial charge in [0.15, 0.2) is 0 Å². The molecule has 1 aliphatic rings. The number of nitrogens with zero attached hydrogens (tertiary/aromatic N) is 1. The number of rotatable bonds is 6. The fraction of sp³-hybridized carbons (Fsp3) is 0.500. The van der Waals surface area contributed by atoms with Crippen molar-refractivity contribution in [2.45, 2.75) is 39.2 Å². The number of nitrogens with one attached hydrogen (secondary N) is 1. The number of anilines is 2. The van der Waals surface area contributed by atoms with Crippen LogP contribution in [0, 0.1) is 0 Å². The van der Waals surface area contributed by atoms with Crippen molar-refractivity contribution in [3.05, 3.63) is 24.3 Å². The summed E-state index contributed by atoms with van der Waals surface area (Å²) in [6, 6.07) is 7.05.